The Kier molecular flexibility index (Phi) is 4.39. The van der Waals surface area contributed by atoms with Gasteiger partial charge in [-0.3, -0.25) is 4.79 Å². The summed E-state index contributed by atoms with van der Waals surface area (Å²) in [5.74, 6) is 1.38. The number of hydrogen-bond donors (Lipinski definition) is 1. The van der Waals surface area contributed by atoms with Gasteiger partial charge in [0.05, 0.1) is 0 Å². The molecule has 0 aliphatic heterocycles. The lowest BCUT2D eigenvalue weighted by Gasteiger charge is -2.22. The Hall–Kier alpha value is -0.570. The Bertz CT molecular complexity index is 190. The molecule has 0 spiro atoms. The van der Waals surface area contributed by atoms with Crippen molar-refractivity contribution in [3.8, 4) is 0 Å². The van der Waals surface area contributed by atoms with Gasteiger partial charge in [-0.2, -0.15) is 0 Å². The van der Waals surface area contributed by atoms with E-state index in [1.54, 1.807) is 0 Å². The molecule has 1 aliphatic rings. The van der Waals surface area contributed by atoms with Crippen LogP contribution < -0.4 is 5.73 Å². The molecular formula is C11H22N2O. The van der Waals surface area contributed by atoms with E-state index in [0.29, 0.717) is 18.9 Å². The average Bonchev–Trinajstić information content (AvgIpc) is 2.97. The Balaban J connectivity index is 2.30. The summed E-state index contributed by atoms with van der Waals surface area (Å²) >= 11 is 0. The first-order chi connectivity index (χ1) is 6.67. The monoisotopic (exact) mass is 198 g/mol. The summed E-state index contributed by atoms with van der Waals surface area (Å²) < 4.78 is 0. The largest absolute Gasteiger partial charge is 0.343 e. The van der Waals surface area contributed by atoms with Crippen molar-refractivity contribution in [3.05, 3.63) is 0 Å². The lowest BCUT2D eigenvalue weighted by molar-refractivity contribution is -0.132. The van der Waals surface area contributed by atoms with E-state index in [2.05, 4.69) is 0 Å². The normalized spacial score (nSPS) is 17.9. The molecule has 1 saturated carbocycles. The van der Waals surface area contributed by atoms with Crippen LogP contribution in [0.25, 0.3) is 0 Å². The van der Waals surface area contributed by atoms with Crippen molar-refractivity contribution in [2.45, 2.75) is 33.1 Å². The molecular weight excluding hydrogens is 176 g/mol. The van der Waals surface area contributed by atoms with E-state index >= 15 is 0 Å². The molecule has 0 bridgehead atoms. The van der Waals surface area contributed by atoms with Gasteiger partial charge in [0.1, 0.15) is 0 Å². The second-order valence-electron chi connectivity index (χ2n) is 4.42. The van der Waals surface area contributed by atoms with Gasteiger partial charge >= 0.3 is 0 Å². The van der Waals surface area contributed by atoms with Crippen LogP contribution in [0.5, 0.6) is 0 Å². The van der Waals surface area contributed by atoms with Crippen molar-refractivity contribution in [2.75, 3.05) is 19.6 Å². The lowest BCUT2D eigenvalue weighted by atomic mass is 10.1. The molecule has 1 aliphatic carbocycles. The molecule has 0 radical (unpaired) electrons. The summed E-state index contributed by atoms with van der Waals surface area (Å²) in [6.45, 7) is 6.49. The van der Waals surface area contributed by atoms with Gasteiger partial charge in [-0.05, 0) is 38.1 Å². The van der Waals surface area contributed by atoms with Crippen LogP contribution in [0.3, 0.4) is 0 Å². The van der Waals surface area contributed by atoms with Crippen LogP contribution in [-0.4, -0.2) is 30.4 Å². The summed E-state index contributed by atoms with van der Waals surface area (Å²) in [5.41, 5.74) is 5.50. The van der Waals surface area contributed by atoms with Crippen LogP contribution in [0.1, 0.15) is 33.1 Å². The molecule has 14 heavy (non-hydrogen) atoms. The highest BCUT2D eigenvalue weighted by atomic mass is 16.2. The maximum atomic E-state index is 11.8. The molecule has 1 atom stereocenters. The molecule has 3 nitrogen and oxygen atoms in total. The first kappa shape index (κ1) is 11.5. The minimum atomic E-state index is 0.275. The van der Waals surface area contributed by atoms with Gasteiger partial charge in [-0.25, -0.2) is 0 Å². The Morgan fingerprint density at radius 1 is 1.57 bits per heavy atom. The maximum absolute atomic E-state index is 11.8. The molecule has 1 unspecified atom stereocenters. The van der Waals surface area contributed by atoms with Crippen molar-refractivity contribution in [2.24, 2.45) is 17.6 Å². The highest BCUT2D eigenvalue weighted by Crippen LogP contribution is 2.29. The van der Waals surface area contributed by atoms with Gasteiger partial charge in [0.25, 0.3) is 0 Å². The third-order valence-electron chi connectivity index (χ3n) is 2.84. The second-order valence-corrected chi connectivity index (χ2v) is 4.42. The first-order valence-corrected chi connectivity index (χ1v) is 5.65. The number of hydrogen-bond acceptors (Lipinski definition) is 2. The topological polar surface area (TPSA) is 46.3 Å². The van der Waals surface area contributed by atoms with E-state index in [1.807, 2.05) is 18.7 Å². The molecule has 0 aromatic heterocycles. The third-order valence-corrected chi connectivity index (χ3v) is 2.84. The average molecular weight is 198 g/mol. The first-order valence-electron chi connectivity index (χ1n) is 5.65. The van der Waals surface area contributed by atoms with E-state index in [4.69, 9.17) is 5.73 Å². The van der Waals surface area contributed by atoms with Crippen molar-refractivity contribution in [3.63, 3.8) is 0 Å². The zero-order chi connectivity index (χ0) is 10.6. The van der Waals surface area contributed by atoms with E-state index in [9.17, 15) is 4.79 Å². The maximum Gasteiger partial charge on any atom is 0.222 e. The standard InChI is InChI=1S/C11H22N2O/c1-3-13(8-10-4-5-10)11(14)6-9(2)7-12/h9-10H,3-8,12H2,1-2H3. The van der Waals surface area contributed by atoms with Crippen LogP contribution in [0.4, 0.5) is 0 Å². The SMILES string of the molecule is CCN(CC1CC1)C(=O)CC(C)CN. The van der Waals surface area contributed by atoms with Gasteiger partial charge in [-0.1, -0.05) is 6.92 Å². The molecule has 82 valence electrons. The molecule has 0 aromatic carbocycles. The molecule has 2 N–H and O–H groups in total. The van der Waals surface area contributed by atoms with E-state index in [1.165, 1.54) is 12.8 Å². The van der Waals surface area contributed by atoms with E-state index < -0.39 is 0 Å². The quantitative estimate of drug-likeness (QED) is 0.697. The van der Waals surface area contributed by atoms with Gasteiger partial charge in [0, 0.05) is 19.5 Å². The molecule has 0 saturated heterocycles. The highest BCUT2D eigenvalue weighted by Gasteiger charge is 2.26. The van der Waals surface area contributed by atoms with Crippen molar-refractivity contribution >= 4 is 5.91 Å². The molecule has 1 fully saturated rings. The van der Waals surface area contributed by atoms with Crippen LogP contribution in [0.15, 0.2) is 0 Å². The van der Waals surface area contributed by atoms with Crippen LogP contribution in [-0.2, 0) is 4.79 Å². The minimum absolute atomic E-state index is 0.275. The summed E-state index contributed by atoms with van der Waals surface area (Å²) in [5, 5.41) is 0. The van der Waals surface area contributed by atoms with E-state index in [-0.39, 0.29) is 5.91 Å². The molecule has 0 heterocycles. The fourth-order valence-corrected chi connectivity index (χ4v) is 1.53. The predicted molar refractivity (Wildman–Crippen MR) is 57.8 cm³/mol. The lowest BCUT2D eigenvalue weighted by Crippen LogP contribution is -2.34. The number of carbonyl (C=O) groups is 1. The Morgan fingerprint density at radius 3 is 2.64 bits per heavy atom. The molecule has 3 heteroatoms. The zero-order valence-electron chi connectivity index (χ0n) is 9.33. The summed E-state index contributed by atoms with van der Waals surface area (Å²) in [4.78, 5) is 13.8. The zero-order valence-corrected chi connectivity index (χ0v) is 9.33. The van der Waals surface area contributed by atoms with E-state index in [0.717, 1.165) is 19.0 Å². The fourth-order valence-electron chi connectivity index (χ4n) is 1.53. The van der Waals surface area contributed by atoms with Crippen molar-refractivity contribution in [1.29, 1.82) is 0 Å². The number of carbonyl (C=O) groups excluding carboxylic acids is 1. The van der Waals surface area contributed by atoms with Gasteiger partial charge in [0.2, 0.25) is 5.91 Å². The third kappa shape index (κ3) is 3.66. The minimum Gasteiger partial charge on any atom is -0.343 e. The Morgan fingerprint density at radius 2 is 2.21 bits per heavy atom. The summed E-state index contributed by atoms with van der Waals surface area (Å²) in [6, 6.07) is 0. The molecule has 0 aromatic rings. The summed E-state index contributed by atoms with van der Waals surface area (Å²) in [7, 11) is 0. The predicted octanol–water partition coefficient (Wildman–Crippen LogP) is 1.23. The number of amides is 1. The smallest absolute Gasteiger partial charge is 0.222 e. The second kappa shape index (κ2) is 5.35. The number of rotatable bonds is 6. The van der Waals surface area contributed by atoms with Crippen LogP contribution in [0, 0.1) is 11.8 Å². The van der Waals surface area contributed by atoms with Crippen LogP contribution >= 0.6 is 0 Å². The van der Waals surface area contributed by atoms with Gasteiger partial charge in [0.15, 0.2) is 0 Å². The van der Waals surface area contributed by atoms with Crippen LogP contribution in [0.2, 0.25) is 0 Å². The summed E-state index contributed by atoms with van der Waals surface area (Å²) in [6.07, 6.45) is 3.21. The number of nitrogens with two attached hydrogens (primary N) is 1. The van der Waals surface area contributed by atoms with Crippen molar-refractivity contribution < 1.29 is 4.79 Å². The highest BCUT2D eigenvalue weighted by molar-refractivity contribution is 5.76. The van der Waals surface area contributed by atoms with Gasteiger partial charge < -0.3 is 10.6 Å². The Labute approximate surface area is 86.6 Å². The number of nitrogens with zero attached hydrogens (tertiary/aromatic N) is 1. The van der Waals surface area contributed by atoms with Crippen molar-refractivity contribution in [1.82, 2.24) is 4.90 Å². The molecule has 1 amide bonds. The van der Waals surface area contributed by atoms with Gasteiger partial charge in [-0.15, -0.1) is 0 Å². The molecule has 1 rings (SSSR count). The fraction of sp³-hybridized carbons (Fsp3) is 0.909.